The molecule has 0 saturated carbocycles. The monoisotopic (exact) mass is 366 g/mol. The standard InChI is InChI=1S/C12H7BrN4O3S/c13-8-2-1-6(5-7(8)11(18)19)21-10-4-3-9-14-15-12(20)17(9)16-10/h1-5H,(H,15,20)(H,18,19). The Kier molecular flexibility index (Phi) is 3.52. The Morgan fingerprint density at radius 2 is 2.14 bits per heavy atom. The second-order valence-corrected chi connectivity index (χ2v) is 5.97. The number of carboxylic acids is 1. The minimum Gasteiger partial charge on any atom is -0.478 e. The largest absolute Gasteiger partial charge is 0.478 e. The number of hydrogen-bond acceptors (Lipinski definition) is 5. The average Bonchev–Trinajstić information content (AvgIpc) is 2.82. The molecule has 0 spiro atoms. The van der Waals surface area contributed by atoms with E-state index in [9.17, 15) is 9.59 Å². The van der Waals surface area contributed by atoms with Crippen LogP contribution in [0.2, 0.25) is 0 Å². The van der Waals surface area contributed by atoms with E-state index in [2.05, 4.69) is 31.2 Å². The van der Waals surface area contributed by atoms with Crippen LogP contribution in [0.1, 0.15) is 10.4 Å². The molecule has 0 saturated heterocycles. The van der Waals surface area contributed by atoms with Crippen molar-refractivity contribution in [3.63, 3.8) is 0 Å². The smallest absolute Gasteiger partial charge is 0.364 e. The van der Waals surface area contributed by atoms with Gasteiger partial charge in [0, 0.05) is 9.37 Å². The topological polar surface area (TPSA) is 100 Å². The van der Waals surface area contributed by atoms with Crippen LogP contribution in [0.25, 0.3) is 5.65 Å². The Morgan fingerprint density at radius 1 is 1.33 bits per heavy atom. The van der Waals surface area contributed by atoms with Crippen LogP contribution in [0.5, 0.6) is 0 Å². The molecule has 1 aromatic carbocycles. The fourth-order valence-corrected chi connectivity index (χ4v) is 2.92. The zero-order valence-electron chi connectivity index (χ0n) is 10.3. The number of aromatic carboxylic acids is 1. The summed E-state index contributed by atoms with van der Waals surface area (Å²) in [6.07, 6.45) is 0. The molecule has 0 radical (unpaired) electrons. The summed E-state index contributed by atoms with van der Waals surface area (Å²) in [6, 6.07) is 8.34. The number of nitrogens with one attached hydrogen (secondary N) is 1. The SMILES string of the molecule is O=C(O)c1cc(Sc2ccc3n[nH]c(=O)n3n2)ccc1Br. The number of carboxylic acid groups (broad SMARTS) is 1. The first-order valence-corrected chi connectivity index (χ1v) is 7.31. The fourth-order valence-electron chi connectivity index (χ4n) is 1.69. The summed E-state index contributed by atoms with van der Waals surface area (Å²) in [7, 11) is 0. The van der Waals surface area contributed by atoms with Gasteiger partial charge in [-0.3, -0.25) is 0 Å². The van der Waals surface area contributed by atoms with E-state index in [1.54, 1.807) is 30.3 Å². The second-order valence-electron chi connectivity index (χ2n) is 4.02. The van der Waals surface area contributed by atoms with E-state index < -0.39 is 11.7 Å². The molecular weight excluding hydrogens is 360 g/mol. The quantitative estimate of drug-likeness (QED) is 0.735. The zero-order valence-corrected chi connectivity index (χ0v) is 12.7. The Morgan fingerprint density at radius 3 is 2.90 bits per heavy atom. The molecule has 106 valence electrons. The Bertz CT molecular complexity index is 905. The molecule has 0 aliphatic rings. The van der Waals surface area contributed by atoms with Gasteiger partial charge in [0.15, 0.2) is 5.65 Å². The van der Waals surface area contributed by atoms with Gasteiger partial charge >= 0.3 is 11.7 Å². The van der Waals surface area contributed by atoms with Gasteiger partial charge in [0.1, 0.15) is 5.03 Å². The van der Waals surface area contributed by atoms with Crippen LogP contribution in [0.15, 0.2) is 49.5 Å². The number of nitrogens with zero attached hydrogens (tertiary/aromatic N) is 3. The van der Waals surface area contributed by atoms with Gasteiger partial charge in [0.25, 0.3) is 0 Å². The number of halogens is 1. The molecule has 3 aromatic rings. The molecular formula is C12H7BrN4O3S. The van der Waals surface area contributed by atoms with Crippen molar-refractivity contribution in [3.05, 3.63) is 50.9 Å². The molecule has 0 aliphatic carbocycles. The number of fused-ring (bicyclic) bond motifs is 1. The van der Waals surface area contributed by atoms with Crippen molar-refractivity contribution in [1.82, 2.24) is 19.8 Å². The van der Waals surface area contributed by atoms with Crippen molar-refractivity contribution < 1.29 is 9.90 Å². The second kappa shape index (κ2) is 5.34. The van der Waals surface area contributed by atoms with Gasteiger partial charge in [-0.1, -0.05) is 11.8 Å². The molecule has 0 fully saturated rings. The van der Waals surface area contributed by atoms with Crippen LogP contribution in [-0.2, 0) is 0 Å². The number of aromatic amines is 1. The van der Waals surface area contributed by atoms with Gasteiger partial charge in [-0.25, -0.2) is 14.7 Å². The Balaban J connectivity index is 1.98. The lowest BCUT2D eigenvalue weighted by molar-refractivity contribution is 0.0695. The lowest BCUT2D eigenvalue weighted by Crippen LogP contribution is -2.12. The van der Waals surface area contributed by atoms with E-state index in [1.807, 2.05) is 0 Å². The molecule has 0 atom stereocenters. The van der Waals surface area contributed by atoms with Gasteiger partial charge in [0.05, 0.1) is 5.56 Å². The van der Waals surface area contributed by atoms with Gasteiger partial charge in [-0.05, 0) is 46.3 Å². The number of hydrogen-bond donors (Lipinski definition) is 2. The third-order valence-corrected chi connectivity index (χ3v) is 4.25. The Labute approximate surface area is 130 Å². The number of carbonyl (C=O) groups is 1. The Hall–Kier alpha value is -2.13. The van der Waals surface area contributed by atoms with Gasteiger partial charge < -0.3 is 5.11 Å². The summed E-state index contributed by atoms with van der Waals surface area (Å²) in [4.78, 5) is 23.3. The molecule has 0 unspecified atom stereocenters. The molecule has 2 aromatic heterocycles. The molecule has 7 nitrogen and oxygen atoms in total. The van der Waals surface area contributed by atoms with E-state index >= 15 is 0 Å². The predicted molar refractivity (Wildman–Crippen MR) is 78.8 cm³/mol. The summed E-state index contributed by atoms with van der Waals surface area (Å²) in [5, 5.41) is 19.9. The molecule has 0 bridgehead atoms. The first-order chi connectivity index (χ1) is 10.0. The summed E-state index contributed by atoms with van der Waals surface area (Å²) in [5.74, 6) is -1.02. The van der Waals surface area contributed by atoms with E-state index in [0.717, 1.165) is 4.52 Å². The van der Waals surface area contributed by atoms with Crippen LogP contribution >= 0.6 is 27.7 Å². The fraction of sp³-hybridized carbons (Fsp3) is 0. The first-order valence-electron chi connectivity index (χ1n) is 5.70. The van der Waals surface area contributed by atoms with E-state index in [4.69, 9.17) is 5.11 Å². The number of aromatic nitrogens is 4. The maximum atomic E-state index is 11.5. The van der Waals surface area contributed by atoms with Crippen molar-refractivity contribution >= 4 is 39.3 Å². The van der Waals surface area contributed by atoms with Gasteiger partial charge in [0.2, 0.25) is 0 Å². The highest BCUT2D eigenvalue weighted by molar-refractivity contribution is 9.10. The predicted octanol–water partition coefficient (Wildman–Crippen LogP) is 2.03. The lowest BCUT2D eigenvalue weighted by Gasteiger charge is -2.04. The van der Waals surface area contributed by atoms with Gasteiger partial charge in [-0.15, -0.1) is 0 Å². The molecule has 2 heterocycles. The molecule has 21 heavy (non-hydrogen) atoms. The minimum absolute atomic E-state index is 0.168. The number of H-pyrrole nitrogens is 1. The highest BCUT2D eigenvalue weighted by atomic mass is 79.9. The highest BCUT2D eigenvalue weighted by Crippen LogP contribution is 2.29. The van der Waals surface area contributed by atoms with Crippen molar-refractivity contribution in [2.24, 2.45) is 0 Å². The number of rotatable bonds is 3. The molecule has 9 heteroatoms. The maximum absolute atomic E-state index is 11.5. The minimum atomic E-state index is -1.02. The normalized spacial score (nSPS) is 10.9. The van der Waals surface area contributed by atoms with E-state index in [1.165, 1.54) is 11.8 Å². The average molecular weight is 367 g/mol. The zero-order chi connectivity index (χ0) is 15.0. The van der Waals surface area contributed by atoms with E-state index in [0.29, 0.717) is 20.0 Å². The molecule has 0 aliphatic heterocycles. The summed E-state index contributed by atoms with van der Waals surface area (Å²) < 4.78 is 1.66. The lowest BCUT2D eigenvalue weighted by atomic mass is 10.2. The first kappa shape index (κ1) is 13.8. The maximum Gasteiger partial charge on any atom is 0.364 e. The van der Waals surface area contributed by atoms with Crippen molar-refractivity contribution in [2.45, 2.75) is 9.92 Å². The van der Waals surface area contributed by atoms with Crippen LogP contribution < -0.4 is 5.69 Å². The van der Waals surface area contributed by atoms with Crippen molar-refractivity contribution in [3.8, 4) is 0 Å². The van der Waals surface area contributed by atoms with Crippen LogP contribution in [0.4, 0.5) is 0 Å². The molecule has 3 rings (SSSR count). The number of benzene rings is 1. The van der Waals surface area contributed by atoms with Crippen molar-refractivity contribution in [2.75, 3.05) is 0 Å². The van der Waals surface area contributed by atoms with Crippen LogP contribution in [0.3, 0.4) is 0 Å². The van der Waals surface area contributed by atoms with Crippen molar-refractivity contribution in [1.29, 1.82) is 0 Å². The summed E-state index contributed by atoms with van der Waals surface area (Å²) >= 11 is 4.45. The van der Waals surface area contributed by atoms with Crippen LogP contribution in [0, 0.1) is 0 Å². The van der Waals surface area contributed by atoms with Gasteiger partial charge in [-0.2, -0.15) is 14.7 Å². The van der Waals surface area contributed by atoms with E-state index in [-0.39, 0.29) is 5.56 Å². The molecule has 0 amide bonds. The molecule has 2 N–H and O–H groups in total. The summed E-state index contributed by atoms with van der Waals surface area (Å²) in [6.45, 7) is 0. The summed E-state index contributed by atoms with van der Waals surface area (Å²) in [5.41, 5.74) is 0.169. The third kappa shape index (κ3) is 2.69. The third-order valence-electron chi connectivity index (χ3n) is 2.64. The van der Waals surface area contributed by atoms with Crippen LogP contribution in [-0.4, -0.2) is 30.9 Å². The highest BCUT2D eigenvalue weighted by Gasteiger charge is 2.11.